The summed E-state index contributed by atoms with van der Waals surface area (Å²) in [4.78, 5) is 27.8. The molecular weight excluding hydrogens is 356 g/mol. The van der Waals surface area contributed by atoms with E-state index in [1.165, 1.54) is 0 Å². The van der Waals surface area contributed by atoms with Crippen molar-refractivity contribution in [1.29, 1.82) is 0 Å². The molecule has 0 bridgehead atoms. The van der Waals surface area contributed by atoms with Crippen LogP contribution in [-0.4, -0.2) is 69.3 Å². The average Bonchev–Trinajstić information content (AvgIpc) is 2.88. The van der Waals surface area contributed by atoms with Gasteiger partial charge in [-0.2, -0.15) is 5.10 Å². The maximum atomic E-state index is 13.1. The van der Waals surface area contributed by atoms with Crippen molar-refractivity contribution in [3.63, 3.8) is 0 Å². The molecule has 1 aliphatic heterocycles. The first-order chi connectivity index (χ1) is 13.5. The highest BCUT2D eigenvalue weighted by molar-refractivity contribution is 5.95. The van der Waals surface area contributed by atoms with Crippen LogP contribution in [0, 0.1) is 6.92 Å². The lowest BCUT2D eigenvalue weighted by Crippen LogP contribution is -2.37. The van der Waals surface area contributed by atoms with Crippen LogP contribution in [0.15, 0.2) is 36.5 Å². The number of likely N-dealkylation sites (tertiary alicyclic amines) is 1. The Bertz CT molecular complexity index is 818. The maximum Gasteiger partial charge on any atom is 0.317 e. The number of amides is 1. The van der Waals surface area contributed by atoms with Crippen LogP contribution in [0.1, 0.15) is 40.9 Å². The van der Waals surface area contributed by atoms with Crippen LogP contribution in [0.4, 0.5) is 0 Å². The van der Waals surface area contributed by atoms with Crippen LogP contribution < -0.4 is 0 Å². The van der Waals surface area contributed by atoms with Gasteiger partial charge in [-0.3, -0.25) is 19.2 Å². The largest absolute Gasteiger partial charge is 0.480 e. The van der Waals surface area contributed by atoms with E-state index in [4.69, 9.17) is 5.11 Å². The van der Waals surface area contributed by atoms with Gasteiger partial charge in [-0.15, -0.1) is 0 Å². The number of aromatic nitrogens is 2. The molecule has 150 valence electrons. The number of hydrogen-bond donors (Lipinski definition) is 1. The van der Waals surface area contributed by atoms with Crippen molar-refractivity contribution in [2.24, 2.45) is 0 Å². The molecule has 0 radical (unpaired) electrons. The molecule has 1 aliphatic rings. The molecule has 0 aliphatic carbocycles. The second-order valence-electron chi connectivity index (χ2n) is 7.47. The second kappa shape index (κ2) is 9.01. The Morgan fingerprint density at radius 1 is 1.21 bits per heavy atom. The first kappa shape index (κ1) is 20.1. The summed E-state index contributed by atoms with van der Waals surface area (Å²) < 4.78 is 1.86. The minimum absolute atomic E-state index is 0.0124. The molecule has 1 N–H and O–H groups in total. The molecule has 0 spiro atoms. The fraction of sp³-hybridized carbons (Fsp3) is 0.476. The van der Waals surface area contributed by atoms with Gasteiger partial charge >= 0.3 is 5.97 Å². The van der Waals surface area contributed by atoms with Crippen LogP contribution in [0.25, 0.3) is 0 Å². The lowest BCUT2D eigenvalue weighted by Gasteiger charge is -2.25. The smallest absolute Gasteiger partial charge is 0.317 e. The quantitative estimate of drug-likeness (QED) is 0.826. The van der Waals surface area contributed by atoms with Gasteiger partial charge in [0.1, 0.15) is 0 Å². The third-order valence-corrected chi connectivity index (χ3v) is 5.50. The van der Waals surface area contributed by atoms with Crippen LogP contribution >= 0.6 is 0 Å². The summed E-state index contributed by atoms with van der Waals surface area (Å²) in [5.74, 6) is -0.806. The number of carboxylic acids is 1. The maximum absolute atomic E-state index is 13.1. The standard InChI is InChI=1S/C21H28N4O3/c1-16-19(13-22-25(16)14-17-7-4-3-5-8-17)21(28)24-11-6-9-18(10-12-24)23(2)15-20(26)27/h3-5,7-8,13,18H,6,9-12,14-15H2,1-2H3,(H,26,27). The topological polar surface area (TPSA) is 78.7 Å². The molecule has 0 saturated carbocycles. The number of carboxylic acid groups (broad SMARTS) is 1. The minimum Gasteiger partial charge on any atom is -0.480 e. The van der Waals surface area contributed by atoms with Crippen molar-refractivity contribution in [1.82, 2.24) is 19.6 Å². The molecule has 7 nitrogen and oxygen atoms in total. The Balaban J connectivity index is 1.65. The van der Waals surface area contributed by atoms with Crippen molar-refractivity contribution in [3.8, 4) is 0 Å². The molecule has 2 aromatic rings. The molecule has 1 saturated heterocycles. The Hall–Kier alpha value is -2.67. The van der Waals surface area contributed by atoms with Gasteiger partial charge in [0.25, 0.3) is 5.91 Å². The lowest BCUT2D eigenvalue weighted by molar-refractivity contribution is -0.138. The van der Waals surface area contributed by atoms with Crippen molar-refractivity contribution in [2.75, 3.05) is 26.7 Å². The Kier molecular flexibility index (Phi) is 6.46. The van der Waals surface area contributed by atoms with Crippen LogP contribution in [0.2, 0.25) is 0 Å². The number of carbonyl (C=O) groups excluding carboxylic acids is 1. The van der Waals surface area contributed by atoms with Crippen molar-refractivity contribution in [3.05, 3.63) is 53.3 Å². The average molecular weight is 384 g/mol. The van der Waals surface area contributed by atoms with Crippen molar-refractivity contribution in [2.45, 2.75) is 38.8 Å². The summed E-state index contributed by atoms with van der Waals surface area (Å²) in [6, 6.07) is 10.3. The number of carbonyl (C=O) groups is 2. The summed E-state index contributed by atoms with van der Waals surface area (Å²) in [7, 11) is 1.84. The molecule has 7 heteroatoms. The molecule has 1 atom stereocenters. The molecule has 2 heterocycles. The summed E-state index contributed by atoms with van der Waals surface area (Å²) in [5.41, 5.74) is 2.66. The zero-order valence-corrected chi connectivity index (χ0v) is 16.5. The molecule has 1 unspecified atom stereocenters. The van der Waals surface area contributed by atoms with Gasteiger partial charge in [0, 0.05) is 24.8 Å². The fourth-order valence-corrected chi connectivity index (χ4v) is 3.81. The molecule has 1 amide bonds. The van der Waals surface area contributed by atoms with Gasteiger partial charge in [-0.05, 0) is 38.8 Å². The summed E-state index contributed by atoms with van der Waals surface area (Å²) >= 11 is 0. The van der Waals surface area contributed by atoms with E-state index in [9.17, 15) is 9.59 Å². The van der Waals surface area contributed by atoms with E-state index in [1.54, 1.807) is 6.20 Å². The molecule has 1 aromatic heterocycles. The fourth-order valence-electron chi connectivity index (χ4n) is 3.81. The highest BCUT2D eigenvalue weighted by Crippen LogP contribution is 2.19. The number of benzene rings is 1. The van der Waals surface area contributed by atoms with Crippen LogP contribution in [0.3, 0.4) is 0 Å². The Labute approximate surface area is 165 Å². The van der Waals surface area contributed by atoms with Crippen LogP contribution in [0.5, 0.6) is 0 Å². The third kappa shape index (κ3) is 4.78. The minimum atomic E-state index is -0.818. The zero-order valence-electron chi connectivity index (χ0n) is 16.5. The summed E-state index contributed by atoms with van der Waals surface area (Å²) in [6.45, 7) is 3.94. The first-order valence-corrected chi connectivity index (χ1v) is 9.73. The highest BCUT2D eigenvalue weighted by atomic mass is 16.4. The monoisotopic (exact) mass is 384 g/mol. The molecular formula is C21H28N4O3. The lowest BCUT2D eigenvalue weighted by atomic mass is 10.1. The predicted molar refractivity (Wildman–Crippen MR) is 106 cm³/mol. The summed E-state index contributed by atoms with van der Waals surface area (Å²) in [6.07, 6.45) is 4.23. The van der Waals surface area contributed by atoms with Crippen LogP contribution in [-0.2, 0) is 11.3 Å². The normalized spacial score (nSPS) is 17.5. The third-order valence-electron chi connectivity index (χ3n) is 5.50. The summed E-state index contributed by atoms with van der Waals surface area (Å²) in [5, 5.41) is 13.4. The van der Waals surface area contributed by atoms with E-state index in [0.717, 1.165) is 30.5 Å². The predicted octanol–water partition coefficient (Wildman–Crippen LogP) is 2.25. The van der Waals surface area contributed by atoms with E-state index in [0.29, 0.717) is 25.2 Å². The van der Waals surface area contributed by atoms with Crippen molar-refractivity contribution >= 4 is 11.9 Å². The number of aliphatic carboxylic acids is 1. The van der Waals surface area contributed by atoms with Gasteiger partial charge in [0.15, 0.2) is 0 Å². The number of likely N-dealkylation sites (N-methyl/N-ethyl adjacent to an activating group) is 1. The van der Waals surface area contributed by atoms with E-state index in [1.807, 2.05) is 58.8 Å². The second-order valence-corrected chi connectivity index (χ2v) is 7.47. The van der Waals surface area contributed by atoms with Gasteiger partial charge in [-0.1, -0.05) is 30.3 Å². The number of nitrogens with zero attached hydrogens (tertiary/aromatic N) is 4. The number of rotatable bonds is 6. The number of hydrogen-bond acceptors (Lipinski definition) is 4. The highest BCUT2D eigenvalue weighted by Gasteiger charge is 2.26. The van der Waals surface area contributed by atoms with Gasteiger partial charge in [0.05, 0.1) is 24.8 Å². The van der Waals surface area contributed by atoms with E-state index < -0.39 is 5.97 Å². The van der Waals surface area contributed by atoms with Gasteiger partial charge < -0.3 is 10.0 Å². The first-order valence-electron chi connectivity index (χ1n) is 9.73. The SMILES string of the molecule is Cc1c(C(=O)N2CCCC(N(C)CC(=O)O)CC2)cnn1Cc1ccccc1. The molecule has 1 aromatic carbocycles. The van der Waals surface area contributed by atoms with E-state index >= 15 is 0 Å². The molecule has 28 heavy (non-hydrogen) atoms. The molecule has 3 rings (SSSR count). The van der Waals surface area contributed by atoms with E-state index in [2.05, 4.69) is 5.10 Å². The van der Waals surface area contributed by atoms with Gasteiger partial charge in [0.2, 0.25) is 0 Å². The Morgan fingerprint density at radius 3 is 2.68 bits per heavy atom. The Morgan fingerprint density at radius 2 is 1.96 bits per heavy atom. The van der Waals surface area contributed by atoms with Gasteiger partial charge in [-0.25, -0.2) is 0 Å². The van der Waals surface area contributed by atoms with E-state index in [-0.39, 0.29) is 18.5 Å². The molecule has 1 fully saturated rings. The zero-order chi connectivity index (χ0) is 20.1. The van der Waals surface area contributed by atoms with Crippen molar-refractivity contribution < 1.29 is 14.7 Å².